The zero-order valence-corrected chi connectivity index (χ0v) is 17.5. The number of anilines is 1. The van der Waals surface area contributed by atoms with Crippen molar-refractivity contribution >= 4 is 15.7 Å². The summed E-state index contributed by atoms with van der Waals surface area (Å²) in [5.74, 6) is 0.884. The molecule has 0 aliphatic heterocycles. The molecule has 3 aromatic carbocycles. The van der Waals surface area contributed by atoms with Crippen molar-refractivity contribution < 1.29 is 22.3 Å². The van der Waals surface area contributed by atoms with Crippen LogP contribution in [0.1, 0.15) is 11.1 Å². The van der Waals surface area contributed by atoms with Crippen LogP contribution in [0.5, 0.6) is 11.5 Å². The quantitative estimate of drug-likeness (QED) is 0.589. The Labute approximate surface area is 175 Å². The van der Waals surface area contributed by atoms with Crippen LogP contribution in [-0.4, -0.2) is 22.6 Å². The number of nitrogens with zero attached hydrogens (tertiary/aromatic N) is 1. The van der Waals surface area contributed by atoms with Crippen LogP contribution in [0, 0.1) is 5.82 Å². The summed E-state index contributed by atoms with van der Waals surface area (Å²) in [6.45, 7) is 0.696. The molecule has 0 fully saturated rings. The normalized spacial score (nSPS) is 11.2. The van der Waals surface area contributed by atoms with E-state index in [1.54, 1.807) is 19.1 Å². The van der Waals surface area contributed by atoms with Gasteiger partial charge in [0.2, 0.25) is 10.0 Å². The molecule has 0 aliphatic carbocycles. The smallest absolute Gasteiger partial charge is 0.238 e. The van der Waals surface area contributed by atoms with Gasteiger partial charge in [-0.1, -0.05) is 24.3 Å². The van der Waals surface area contributed by atoms with E-state index in [1.165, 1.54) is 6.07 Å². The number of benzene rings is 3. The molecule has 0 aliphatic rings. The number of ether oxygens (including phenoxy) is 2. The molecule has 158 valence electrons. The second-order valence-electron chi connectivity index (χ2n) is 6.71. The summed E-state index contributed by atoms with van der Waals surface area (Å²) in [6.07, 6.45) is 0. The van der Waals surface area contributed by atoms with Crippen LogP contribution in [0.25, 0.3) is 0 Å². The van der Waals surface area contributed by atoms with Gasteiger partial charge in [-0.25, -0.2) is 17.9 Å². The Morgan fingerprint density at radius 2 is 1.30 bits per heavy atom. The summed E-state index contributed by atoms with van der Waals surface area (Å²) in [6, 6.07) is 18.3. The summed E-state index contributed by atoms with van der Waals surface area (Å²) in [7, 11) is -0.801. The first-order valence-electron chi connectivity index (χ1n) is 9.13. The lowest BCUT2D eigenvalue weighted by atomic mass is 10.1. The summed E-state index contributed by atoms with van der Waals surface area (Å²) in [5.41, 5.74) is 1.96. The predicted octanol–water partition coefficient (Wildman–Crippen LogP) is 3.70. The van der Waals surface area contributed by atoms with Crippen molar-refractivity contribution in [3.8, 4) is 11.5 Å². The highest BCUT2D eigenvalue weighted by Gasteiger charge is 2.18. The molecule has 0 spiro atoms. The number of hydrogen-bond acceptors (Lipinski definition) is 5. The Morgan fingerprint density at radius 1 is 0.833 bits per heavy atom. The van der Waals surface area contributed by atoms with E-state index in [-0.39, 0.29) is 10.6 Å². The molecule has 3 aromatic rings. The number of rotatable bonds is 8. The van der Waals surface area contributed by atoms with Crippen molar-refractivity contribution in [2.75, 3.05) is 19.1 Å². The minimum Gasteiger partial charge on any atom is -0.497 e. The number of methoxy groups -OCH3 is 2. The standard InChI is InChI=1S/C22H23FN2O4S/c1-28-18-7-3-16(4-8-18)14-25(15-17-5-9-19(29-2)10-6-17)22-13-20(30(24,26)27)11-12-21(22)23/h3-13H,14-15H2,1-2H3,(H2,24,26,27). The highest BCUT2D eigenvalue weighted by molar-refractivity contribution is 7.89. The van der Waals surface area contributed by atoms with Crippen molar-refractivity contribution in [3.05, 3.63) is 83.7 Å². The number of nitrogens with two attached hydrogens (primary N) is 1. The van der Waals surface area contributed by atoms with Gasteiger partial charge in [-0.15, -0.1) is 0 Å². The van der Waals surface area contributed by atoms with Crippen LogP contribution in [0.2, 0.25) is 0 Å². The predicted molar refractivity (Wildman–Crippen MR) is 114 cm³/mol. The number of hydrogen-bond donors (Lipinski definition) is 1. The highest BCUT2D eigenvalue weighted by Crippen LogP contribution is 2.27. The third kappa shape index (κ3) is 5.28. The molecule has 0 amide bonds. The SMILES string of the molecule is COc1ccc(CN(Cc2ccc(OC)cc2)c2cc(S(N)(=O)=O)ccc2F)cc1. The van der Waals surface area contributed by atoms with Gasteiger partial charge >= 0.3 is 0 Å². The average Bonchev–Trinajstić information content (AvgIpc) is 2.74. The molecule has 0 unspecified atom stereocenters. The van der Waals surface area contributed by atoms with E-state index in [2.05, 4.69) is 0 Å². The minimum atomic E-state index is -3.97. The summed E-state index contributed by atoms with van der Waals surface area (Å²) < 4.78 is 48.7. The number of primary sulfonamides is 1. The van der Waals surface area contributed by atoms with Crippen molar-refractivity contribution in [2.45, 2.75) is 18.0 Å². The fourth-order valence-electron chi connectivity index (χ4n) is 3.04. The van der Waals surface area contributed by atoms with E-state index < -0.39 is 15.8 Å². The van der Waals surface area contributed by atoms with Crippen molar-refractivity contribution in [3.63, 3.8) is 0 Å². The van der Waals surface area contributed by atoms with Gasteiger partial charge in [0.15, 0.2) is 0 Å². The molecule has 0 saturated carbocycles. The molecule has 0 bridgehead atoms. The minimum absolute atomic E-state index is 0.145. The molecular weight excluding hydrogens is 407 g/mol. The van der Waals surface area contributed by atoms with E-state index >= 15 is 0 Å². The van der Waals surface area contributed by atoms with Crippen LogP contribution in [-0.2, 0) is 23.1 Å². The summed E-state index contributed by atoms with van der Waals surface area (Å²) >= 11 is 0. The molecule has 30 heavy (non-hydrogen) atoms. The van der Waals surface area contributed by atoms with Crippen LogP contribution >= 0.6 is 0 Å². The number of sulfonamides is 1. The molecule has 0 aromatic heterocycles. The van der Waals surface area contributed by atoms with Gasteiger partial charge in [0.1, 0.15) is 17.3 Å². The maximum atomic E-state index is 14.7. The maximum Gasteiger partial charge on any atom is 0.238 e. The largest absolute Gasteiger partial charge is 0.497 e. The van der Waals surface area contributed by atoms with E-state index in [4.69, 9.17) is 14.6 Å². The molecule has 3 rings (SSSR count). The fraction of sp³-hybridized carbons (Fsp3) is 0.182. The monoisotopic (exact) mass is 430 g/mol. The van der Waals surface area contributed by atoms with Crippen molar-refractivity contribution in [1.29, 1.82) is 0 Å². The van der Waals surface area contributed by atoms with Crippen LogP contribution in [0.3, 0.4) is 0 Å². The average molecular weight is 431 g/mol. The molecule has 0 atom stereocenters. The molecule has 0 saturated heterocycles. The molecule has 0 radical (unpaired) electrons. The van der Waals surface area contributed by atoms with Gasteiger partial charge in [0, 0.05) is 13.1 Å². The zero-order chi connectivity index (χ0) is 21.7. The molecule has 8 heteroatoms. The maximum absolute atomic E-state index is 14.7. The second-order valence-corrected chi connectivity index (χ2v) is 8.27. The van der Waals surface area contributed by atoms with Crippen LogP contribution in [0.15, 0.2) is 71.6 Å². The zero-order valence-electron chi connectivity index (χ0n) is 16.7. The molecule has 0 heterocycles. The van der Waals surface area contributed by atoms with Gasteiger partial charge in [-0.3, -0.25) is 0 Å². The Balaban J connectivity index is 1.99. The first kappa shape index (κ1) is 21.6. The second kappa shape index (κ2) is 9.15. The third-order valence-corrected chi connectivity index (χ3v) is 5.56. The van der Waals surface area contributed by atoms with Crippen LogP contribution < -0.4 is 19.5 Å². The lowest BCUT2D eigenvalue weighted by Crippen LogP contribution is -2.24. The van der Waals surface area contributed by atoms with Gasteiger partial charge in [0.25, 0.3) is 0 Å². The van der Waals surface area contributed by atoms with Crippen molar-refractivity contribution in [2.24, 2.45) is 5.14 Å². The Bertz CT molecular complexity index is 1050. The first-order valence-corrected chi connectivity index (χ1v) is 10.7. The van der Waals surface area contributed by atoms with Gasteiger partial charge in [0.05, 0.1) is 24.8 Å². The first-order chi connectivity index (χ1) is 14.3. The lowest BCUT2D eigenvalue weighted by Gasteiger charge is -2.26. The van der Waals surface area contributed by atoms with Crippen molar-refractivity contribution in [1.82, 2.24) is 0 Å². The topological polar surface area (TPSA) is 81.9 Å². The van der Waals surface area contributed by atoms with E-state index in [0.29, 0.717) is 24.6 Å². The Kier molecular flexibility index (Phi) is 6.59. The Morgan fingerprint density at radius 3 is 1.70 bits per heavy atom. The van der Waals surface area contributed by atoms with Gasteiger partial charge < -0.3 is 14.4 Å². The van der Waals surface area contributed by atoms with Crippen LogP contribution in [0.4, 0.5) is 10.1 Å². The van der Waals surface area contributed by atoms with E-state index in [1.807, 2.05) is 48.5 Å². The van der Waals surface area contributed by atoms with E-state index in [9.17, 15) is 12.8 Å². The fourth-order valence-corrected chi connectivity index (χ4v) is 3.57. The summed E-state index contributed by atoms with van der Waals surface area (Å²) in [4.78, 5) is 1.61. The molecular formula is C22H23FN2O4S. The summed E-state index contributed by atoms with van der Waals surface area (Å²) in [5, 5.41) is 5.25. The molecule has 2 N–H and O–H groups in total. The van der Waals surface area contributed by atoms with E-state index in [0.717, 1.165) is 23.3 Å². The number of halogens is 1. The van der Waals surface area contributed by atoms with Gasteiger partial charge in [-0.05, 0) is 53.6 Å². The lowest BCUT2D eigenvalue weighted by molar-refractivity contribution is 0.414. The van der Waals surface area contributed by atoms with Gasteiger partial charge in [-0.2, -0.15) is 0 Å². The Hall–Kier alpha value is -3.10. The molecule has 6 nitrogen and oxygen atoms in total. The third-order valence-electron chi connectivity index (χ3n) is 4.65. The highest BCUT2D eigenvalue weighted by atomic mass is 32.2.